The minimum absolute atomic E-state index is 0.0385. The van der Waals surface area contributed by atoms with Gasteiger partial charge in [0.25, 0.3) is 0 Å². The first-order valence-electron chi connectivity index (χ1n) is 6.94. The number of hydrogen-bond donors (Lipinski definition) is 0. The molecule has 0 radical (unpaired) electrons. The Morgan fingerprint density at radius 3 is 1.50 bits per heavy atom. The molecule has 0 N–H and O–H groups in total. The second kappa shape index (κ2) is 9.01. The van der Waals surface area contributed by atoms with Gasteiger partial charge in [-0.2, -0.15) is 0 Å². The summed E-state index contributed by atoms with van der Waals surface area (Å²) in [6.45, 7) is 0. The van der Waals surface area contributed by atoms with Gasteiger partial charge < -0.3 is 0 Å². The molecule has 2 rings (SSSR count). The molecule has 0 saturated carbocycles. The van der Waals surface area contributed by atoms with Crippen LogP contribution < -0.4 is 0 Å². The maximum Gasteiger partial charge on any atom is 0.149 e. The third-order valence-electron chi connectivity index (χ3n) is 3.67. The van der Waals surface area contributed by atoms with Gasteiger partial charge in [-0.15, -0.1) is 0 Å². The summed E-state index contributed by atoms with van der Waals surface area (Å²) in [6, 6.07) is 8.56. The molecular formula is C17H12Br4F2O. The number of alkyl halides is 2. The fourth-order valence-electron chi connectivity index (χ4n) is 2.44. The lowest BCUT2D eigenvalue weighted by molar-refractivity contribution is -0.121. The molecule has 7 heteroatoms. The van der Waals surface area contributed by atoms with E-state index in [1.165, 1.54) is 24.3 Å². The average Bonchev–Trinajstić information content (AvgIpc) is 2.52. The zero-order chi connectivity index (χ0) is 17.9. The first-order valence-corrected chi connectivity index (χ1v) is 10.8. The number of carbonyl (C=O) groups is 1. The summed E-state index contributed by atoms with van der Waals surface area (Å²) in [6.07, 6.45) is 0. The van der Waals surface area contributed by atoms with Gasteiger partial charge in [-0.1, -0.05) is 75.9 Å². The van der Waals surface area contributed by atoms with E-state index in [2.05, 4.69) is 63.7 Å². The van der Waals surface area contributed by atoms with Gasteiger partial charge in [0, 0.05) is 19.6 Å². The molecule has 0 amide bonds. The Balaban J connectivity index is 2.41. The molecule has 0 bridgehead atoms. The largest absolute Gasteiger partial charge is 0.298 e. The normalized spacial score (nSPS) is 13.6. The Hall–Kier alpha value is -0.110. The van der Waals surface area contributed by atoms with Crippen molar-refractivity contribution in [1.82, 2.24) is 0 Å². The van der Waals surface area contributed by atoms with E-state index < -0.39 is 11.8 Å². The van der Waals surface area contributed by atoms with E-state index in [9.17, 15) is 13.6 Å². The van der Waals surface area contributed by atoms with Crippen molar-refractivity contribution >= 4 is 69.5 Å². The minimum Gasteiger partial charge on any atom is -0.298 e. The predicted molar refractivity (Wildman–Crippen MR) is 106 cm³/mol. The smallest absolute Gasteiger partial charge is 0.149 e. The van der Waals surface area contributed by atoms with Crippen LogP contribution in [0.3, 0.4) is 0 Å². The van der Waals surface area contributed by atoms with E-state index in [0.717, 1.165) is 0 Å². The molecule has 0 heterocycles. The molecule has 0 aliphatic rings. The number of halogens is 6. The maximum atomic E-state index is 13.3. The molecule has 1 nitrogen and oxygen atoms in total. The standard InChI is InChI=1S/C17H12Br4F2O/c18-7-13(11-3-1-9(22)5-15(11)20)17(24)14(8-19)12-4-2-10(23)6-16(12)21/h1-6,13-14H,7-8H2. The van der Waals surface area contributed by atoms with Crippen molar-refractivity contribution in [3.05, 3.63) is 68.1 Å². The SMILES string of the molecule is O=C(C(CBr)c1ccc(F)cc1Br)C(CBr)c1ccc(F)cc1Br. The van der Waals surface area contributed by atoms with Crippen LogP contribution in [0.2, 0.25) is 0 Å². The van der Waals surface area contributed by atoms with Gasteiger partial charge in [-0.05, 0) is 35.4 Å². The van der Waals surface area contributed by atoms with Crippen LogP contribution >= 0.6 is 63.7 Å². The van der Waals surface area contributed by atoms with Gasteiger partial charge in [-0.25, -0.2) is 8.78 Å². The van der Waals surface area contributed by atoms with Crippen LogP contribution in [0.1, 0.15) is 23.0 Å². The van der Waals surface area contributed by atoms with Crippen molar-refractivity contribution in [3.63, 3.8) is 0 Å². The van der Waals surface area contributed by atoms with E-state index in [1.807, 2.05) is 0 Å². The van der Waals surface area contributed by atoms with E-state index in [1.54, 1.807) is 12.1 Å². The lowest BCUT2D eigenvalue weighted by Crippen LogP contribution is -2.24. The van der Waals surface area contributed by atoms with Crippen LogP contribution in [0, 0.1) is 11.6 Å². The number of carbonyl (C=O) groups excluding carboxylic acids is 1. The van der Waals surface area contributed by atoms with E-state index >= 15 is 0 Å². The van der Waals surface area contributed by atoms with Gasteiger partial charge in [0.05, 0.1) is 11.8 Å². The summed E-state index contributed by atoms with van der Waals surface area (Å²) in [5, 5.41) is 0.802. The van der Waals surface area contributed by atoms with E-state index in [-0.39, 0.29) is 17.4 Å². The molecule has 0 aromatic heterocycles. The second-order valence-electron chi connectivity index (χ2n) is 5.15. The van der Waals surface area contributed by atoms with Gasteiger partial charge in [-0.3, -0.25) is 4.79 Å². The minimum atomic E-state index is -0.459. The van der Waals surface area contributed by atoms with Crippen molar-refractivity contribution in [2.24, 2.45) is 0 Å². The molecule has 0 spiro atoms. The van der Waals surface area contributed by atoms with Crippen LogP contribution in [-0.4, -0.2) is 16.4 Å². The van der Waals surface area contributed by atoms with Gasteiger partial charge in [0.1, 0.15) is 17.4 Å². The summed E-state index contributed by atoms with van der Waals surface area (Å²) < 4.78 is 27.7. The maximum absolute atomic E-state index is 13.3. The highest BCUT2D eigenvalue weighted by molar-refractivity contribution is 9.11. The van der Waals surface area contributed by atoms with Gasteiger partial charge in [0.15, 0.2) is 0 Å². The Bertz CT molecular complexity index is 690. The summed E-state index contributed by atoms with van der Waals surface area (Å²) in [4.78, 5) is 13.1. The van der Waals surface area contributed by atoms with Crippen molar-refractivity contribution in [2.75, 3.05) is 10.7 Å². The first-order chi connectivity index (χ1) is 11.4. The Morgan fingerprint density at radius 2 is 1.21 bits per heavy atom. The molecule has 0 fully saturated rings. The Kier molecular flexibility index (Phi) is 7.59. The molecule has 0 aliphatic heterocycles. The zero-order valence-electron chi connectivity index (χ0n) is 12.2. The quantitative estimate of drug-likeness (QED) is 0.342. The monoisotopic (exact) mass is 586 g/mol. The number of Topliss-reactive ketones (excluding diaryl/α,β-unsaturated/α-hetero) is 1. The third-order valence-corrected chi connectivity index (χ3v) is 6.34. The third kappa shape index (κ3) is 4.54. The van der Waals surface area contributed by atoms with Crippen LogP contribution in [0.15, 0.2) is 45.3 Å². The highest BCUT2D eigenvalue weighted by Gasteiger charge is 2.30. The zero-order valence-corrected chi connectivity index (χ0v) is 18.6. The average molecular weight is 590 g/mol. The lowest BCUT2D eigenvalue weighted by Gasteiger charge is -2.22. The van der Waals surface area contributed by atoms with Crippen molar-refractivity contribution in [1.29, 1.82) is 0 Å². The fourth-order valence-corrected chi connectivity index (χ4v) is 5.03. The lowest BCUT2D eigenvalue weighted by atomic mass is 9.86. The molecule has 0 saturated heterocycles. The van der Waals surface area contributed by atoms with Gasteiger partial charge >= 0.3 is 0 Å². The number of rotatable bonds is 6. The number of ketones is 1. The molecule has 2 aromatic carbocycles. The highest BCUT2D eigenvalue weighted by Crippen LogP contribution is 2.35. The number of benzene rings is 2. The van der Waals surface area contributed by atoms with Gasteiger partial charge in [0.2, 0.25) is 0 Å². The highest BCUT2D eigenvalue weighted by atomic mass is 79.9. The topological polar surface area (TPSA) is 17.1 Å². The van der Waals surface area contributed by atoms with Crippen LogP contribution in [0.5, 0.6) is 0 Å². The molecule has 24 heavy (non-hydrogen) atoms. The molecule has 2 aromatic rings. The summed E-state index contributed by atoms with van der Waals surface area (Å²) in [7, 11) is 0. The first kappa shape index (κ1) is 20.2. The van der Waals surface area contributed by atoms with E-state index in [0.29, 0.717) is 30.7 Å². The molecule has 128 valence electrons. The van der Waals surface area contributed by atoms with E-state index in [4.69, 9.17) is 0 Å². The summed E-state index contributed by atoms with van der Waals surface area (Å²) >= 11 is 13.4. The fraction of sp³-hybridized carbons (Fsp3) is 0.235. The van der Waals surface area contributed by atoms with Crippen LogP contribution in [-0.2, 0) is 4.79 Å². The second-order valence-corrected chi connectivity index (χ2v) is 8.15. The summed E-state index contributed by atoms with van der Waals surface area (Å²) in [5.41, 5.74) is 1.42. The van der Waals surface area contributed by atoms with Crippen molar-refractivity contribution < 1.29 is 13.6 Å². The Labute approximate surface area is 172 Å². The predicted octanol–water partition coefficient (Wildman–Crippen LogP) is 6.72. The van der Waals surface area contributed by atoms with Crippen LogP contribution in [0.4, 0.5) is 8.78 Å². The summed E-state index contributed by atoms with van der Waals surface area (Å²) in [5.74, 6) is -1.70. The molecule has 2 atom stereocenters. The van der Waals surface area contributed by atoms with Crippen molar-refractivity contribution in [3.8, 4) is 0 Å². The molecular weight excluding hydrogens is 578 g/mol. The van der Waals surface area contributed by atoms with Crippen molar-refractivity contribution in [2.45, 2.75) is 11.8 Å². The van der Waals surface area contributed by atoms with Crippen LogP contribution in [0.25, 0.3) is 0 Å². The number of hydrogen-bond acceptors (Lipinski definition) is 1. The Morgan fingerprint density at radius 1 is 0.833 bits per heavy atom. The molecule has 0 aliphatic carbocycles. The molecule has 2 unspecified atom stereocenters.